The van der Waals surface area contributed by atoms with E-state index in [4.69, 9.17) is 16.3 Å². The second-order valence-corrected chi connectivity index (χ2v) is 6.44. The van der Waals surface area contributed by atoms with Crippen LogP contribution in [-0.2, 0) is 11.2 Å². The van der Waals surface area contributed by atoms with E-state index < -0.39 is 5.82 Å². The second-order valence-electron chi connectivity index (χ2n) is 5.00. The summed E-state index contributed by atoms with van der Waals surface area (Å²) in [4.78, 5) is 20.4. The molecule has 0 fully saturated rings. The molecule has 2 aromatic rings. The van der Waals surface area contributed by atoms with Crippen LogP contribution in [0.15, 0.2) is 35.5 Å². The van der Waals surface area contributed by atoms with E-state index >= 15 is 0 Å². The monoisotopic (exact) mass is 365 g/mol. The molecule has 0 atom stereocenters. The molecule has 0 aliphatic carbocycles. The van der Waals surface area contributed by atoms with E-state index in [1.165, 1.54) is 31.0 Å². The zero-order chi connectivity index (χ0) is 17.1. The molecule has 8 heteroatoms. The van der Waals surface area contributed by atoms with E-state index in [9.17, 15) is 9.18 Å². The van der Waals surface area contributed by atoms with Gasteiger partial charge < -0.3 is 10.1 Å². The number of thioether (sulfide) groups is 1. The molecule has 1 aromatic carbocycles. The van der Waals surface area contributed by atoms with Crippen molar-refractivity contribution in [2.45, 2.75) is 6.42 Å². The minimum atomic E-state index is -0.525. The molecule has 1 amide bonds. The lowest BCUT2D eigenvalue weighted by molar-refractivity contribution is -0.113. The van der Waals surface area contributed by atoms with Gasteiger partial charge in [-0.2, -0.15) is 0 Å². The average molecular weight is 366 g/mol. The first-order chi connectivity index (χ1) is 11.5. The molecule has 0 saturated heterocycles. The van der Waals surface area contributed by atoms with Crippen molar-refractivity contribution in [3.63, 3.8) is 0 Å². The molecule has 1 N–H and O–H groups in total. The first kappa shape index (κ1) is 16.7. The number of fused-ring (bicyclic) bond motifs is 1. The van der Waals surface area contributed by atoms with Crippen molar-refractivity contribution in [3.8, 4) is 5.75 Å². The number of nitrogens with zero attached hydrogens (tertiary/aromatic N) is 2. The van der Waals surface area contributed by atoms with Gasteiger partial charge in [-0.15, -0.1) is 11.8 Å². The normalized spacial score (nSPS) is 12.5. The van der Waals surface area contributed by atoms with Crippen molar-refractivity contribution in [1.29, 1.82) is 0 Å². The van der Waals surface area contributed by atoms with Crippen LogP contribution in [0.5, 0.6) is 5.75 Å². The van der Waals surface area contributed by atoms with Gasteiger partial charge in [0.15, 0.2) is 11.6 Å². The number of aliphatic imine (C=N–C) groups is 1. The van der Waals surface area contributed by atoms with Crippen LogP contribution in [0.3, 0.4) is 0 Å². The van der Waals surface area contributed by atoms with Crippen molar-refractivity contribution >= 4 is 45.7 Å². The third-order valence-corrected chi connectivity index (χ3v) is 4.51. The van der Waals surface area contributed by atoms with E-state index in [-0.39, 0.29) is 17.4 Å². The summed E-state index contributed by atoms with van der Waals surface area (Å²) in [5, 5.41) is 3.89. The number of halogens is 2. The van der Waals surface area contributed by atoms with Gasteiger partial charge in [-0.1, -0.05) is 11.6 Å². The zero-order valence-electron chi connectivity index (χ0n) is 12.7. The van der Waals surface area contributed by atoms with Crippen LogP contribution in [0, 0.1) is 5.82 Å². The van der Waals surface area contributed by atoms with Gasteiger partial charge in [-0.05, 0) is 23.8 Å². The summed E-state index contributed by atoms with van der Waals surface area (Å²) >= 11 is 7.19. The Bertz CT molecular complexity index is 829. The van der Waals surface area contributed by atoms with Gasteiger partial charge in [-0.3, -0.25) is 4.79 Å². The largest absolute Gasteiger partial charge is 0.494 e. The molecule has 1 aromatic heterocycles. The Morgan fingerprint density at radius 2 is 2.29 bits per heavy atom. The number of ether oxygens (including phenoxy) is 1. The maximum atomic E-state index is 13.6. The average Bonchev–Trinajstić information content (AvgIpc) is 2.95. The van der Waals surface area contributed by atoms with Gasteiger partial charge >= 0.3 is 0 Å². The molecule has 3 rings (SSSR count). The summed E-state index contributed by atoms with van der Waals surface area (Å²) in [6, 6.07) is 6.04. The van der Waals surface area contributed by atoms with Crippen LogP contribution in [0.4, 0.5) is 15.8 Å². The van der Waals surface area contributed by atoms with Crippen molar-refractivity contribution in [2.24, 2.45) is 4.99 Å². The maximum absolute atomic E-state index is 13.6. The van der Waals surface area contributed by atoms with Crippen molar-refractivity contribution in [3.05, 3.63) is 47.0 Å². The van der Waals surface area contributed by atoms with E-state index in [2.05, 4.69) is 15.3 Å². The number of methoxy groups -OCH3 is 1. The molecule has 2 heterocycles. The SMILES string of the molecule is COc1ccc(NC(=O)CSC2=Nc3cnc(Cl)cc3C2)cc1F. The smallest absolute Gasteiger partial charge is 0.234 e. The minimum absolute atomic E-state index is 0.132. The molecule has 0 unspecified atom stereocenters. The number of amides is 1. The third kappa shape index (κ3) is 3.85. The van der Waals surface area contributed by atoms with Gasteiger partial charge in [0, 0.05) is 18.2 Å². The molecule has 124 valence electrons. The summed E-state index contributed by atoms with van der Waals surface area (Å²) in [5.41, 5.74) is 2.15. The number of rotatable bonds is 4. The highest BCUT2D eigenvalue weighted by Crippen LogP contribution is 2.31. The molecule has 0 saturated carbocycles. The van der Waals surface area contributed by atoms with Gasteiger partial charge in [0.05, 0.1) is 29.8 Å². The zero-order valence-corrected chi connectivity index (χ0v) is 14.2. The van der Waals surface area contributed by atoms with E-state index in [1.54, 1.807) is 18.3 Å². The first-order valence-electron chi connectivity index (χ1n) is 7.03. The standard InChI is InChI=1S/C16H13ClFN3O2S/c1-23-13-3-2-10(6-11(13)18)20-15(22)8-24-16-5-9-4-14(17)19-7-12(9)21-16/h2-4,6-7H,5,8H2,1H3,(H,20,22). The number of hydrogen-bond donors (Lipinski definition) is 1. The first-order valence-corrected chi connectivity index (χ1v) is 8.39. The quantitative estimate of drug-likeness (QED) is 0.836. The van der Waals surface area contributed by atoms with Gasteiger partial charge in [-0.25, -0.2) is 14.4 Å². The third-order valence-electron chi connectivity index (χ3n) is 3.32. The van der Waals surface area contributed by atoms with E-state index in [0.29, 0.717) is 17.3 Å². The fraction of sp³-hybridized carbons (Fsp3) is 0.188. The number of carbonyl (C=O) groups is 1. The Hall–Kier alpha value is -2.12. The lowest BCUT2D eigenvalue weighted by Crippen LogP contribution is -2.15. The second kappa shape index (κ2) is 7.19. The fourth-order valence-corrected chi connectivity index (χ4v) is 3.18. The number of benzene rings is 1. The number of aromatic nitrogens is 1. The Labute approximate surface area is 147 Å². The van der Waals surface area contributed by atoms with Crippen LogP contribution in [-0.4, -0.2) is 28.8 Å². The summed E-state index contributed by atoms with van der Waals surface area (Å²) in [6.07, 6.45) is 2.25. The van der Waals surface area contributed by atoms with E-state index in [1.807, 2.05) is 0 Å². The van der Waals surface area contributed by atoms with Crippen molar-refractivity contribution in [1.82, 2.24) is 4.98 Å². The molecule has 0 bridgehead atoms. The van der Waals surface area contributed by atoms with Gasteiger partial charge in [0.25, 0.3) is 0 Å². The summed E-state index contributed by atoms with van der Waals surface area (Å²) in [7, 11) is 1.39. The predicted molar refractivity (Wildman–Crippen MR) is 94.1 cm³/mol. The highest BCUT2D eigenvalue weighted by Gasteiger charge is 2.17. The van der Waals surface area contributed by atoms with Crippen LogP contribution in [0.1, 0.15) is 5.56 Å². The van der Waals surface area contributed by atoms with Crippen molar-refractivity contribution in [2.75, 3.05) is 18.2 Å². The topological polar surface area (TPSA) is 63.6 Å². The van der Waals surface area contributed by atoms with Crippen LogP contribution >= 0.6 is 23.4 Å². The highest BCUT2D eigenvalue weighted by atomic mass is 35.5. The summed E-state index contributed by atoms with van der Waals surface area (Å²) in [5.74, 6) is -0.447. The molecule has 5 nitrogen and oxygen atoms in total. The number of anilines is 1. The Morgan fingerprint density at radius 3 is 3.04 bits per heavy atom. The predicted octanol–water partition coefficient (Wildman–Crippen LogP) is 3.84. The van der Waals surface area contributed by atoms with Crippen molar-refractivity contribution < 1.29 is 13.9 Å². The van der Waals surface area contributed by atoms with Gasteiger partial charge in [0.1, 0.15) is 5.15 Å². The lowest BCUT2D eigenvalue weighted by atomic mass is 10.2. The Morgan fingerprint density at radius 1 is 1.46 bits per heavy atom. The molecule has 0 radical (unpaired) electrons. The summed E-state index contributed by atoms with van der Waals surface area (Å²) in [6.45, 7) is 0. The molecule has 1 aliphatic rings. The number of carbonyl (C=O) groups excluding carboxylic acids is 1. The summed E-state index contributed by atoms with van der Waals surface area (Å²) < 4.78 is 18.4. The molecular formula is C16H13ClFN3O2S. The number of pyridine rings is 1. The fourth-order valence-electron chi connectivity index (χ4n) is 2.21. The molecule has 1 aliphatic heterocycles. The Balaban J connectivity index is 1.54. The highest BCUT2D eigenvalue weighted by molar-refractivity contribution is 8.14. The lowest BCUT2D eigenvalue weighted by Gasteiger charge is -2.07. The number of nitrogens with one attached hydrogen (secondary N) is 1. The Kier molecular flexibility index (Phi) is 5.01. The molecule has 0 spiro atoms. The molecule has 24 heavy (non-hydrogen) atoms. The molecular weight excluding hydrogens is 353 g/mol. The van der Waals surface area contributed by atoms with Crippen LogP contribution in [0.25, 0.3) is 0 Å². The van der Waals surface area contributed by atoms with Crippen LogP contribution in [0.2, 0.25) is 5.15 Å². The van der Waals surface area contributed by atoms with Crippen LogP contribution < -0.4 is 10.1 Å². The number of hydrogen-bond acceptors (Lipinski definition) is 5. The van der Waals surface area contributed by atoms with Gasteiger partial charge in [0.2, 0.25) is 5.91 Å². The minimum Gasteiger partial charge on any atom is -0.494 e. The maximum Gasteiger partial charge on any atom is 0.234 e. The van der Waals surface area contributed by atoms with E-state index in [0.717, 1.165) is 16.3 Å².